The van der Waals surface area contributed by atoms with Crippen LogP contribution in [-0.2, 0) is 0 Å². The minimum absolute atomic E-state index is 0.0512. The van der Waals surface area contributed by atoms with Crippen LogP contribution in [0.25, 0.3) is 33.4 Å². The van der Waals surface area contributed by atoms with Crippen LogP contribution < -0.4 is 9.64 Å². The van der Waals surface area contributed by atoms with E-state index in [1.54, 1.807) is 18.3 Å². The molecule has 5 heterocycles. The first kappa shape index (κ1) is 22.0. The molecule has 1 aliphatic rings. The highest BCUT2D eigenvalue weighted by Crippen LogP contribution is 2.36. The lowest BCUT2D eigenvalue weighted by atomic mass is 9.96. The molecule has 36 heavy (non-hydrogen) atoms. The van der Waals surface area contributed by atoms with E-state index in [-0.39, 0.29) is 29.7 Å². The fourth-order valence-corrected chi connectivity index (χ4v) is 4.83. The molecule has 12 heteroatoms. The molecule has 1 aliphatic heterocycles. The monoisotopic (exact) mass is 490 g/mol. The lowest BCUT2D eigenvalue weighted by molar-refractivity contribution is -0.0493. The van der Waals surface area contributed by atoms with Crippen LogP contribution in [0.5, 0.6) is 5.75 Å². The zero-order valence-corrected chi connectivity index (χ0v) is 18.9. The normalized spacial score (nSPS) is 16.7. The lowest BCUT2D eigenvalue weighted by Gasteiger charge is -2.22. The van der Waals surface area contributed by atoms with E-state index in [0.717, 1.165) is 28.7 Å². The van der Waals surface area contributed by atoms with Crippen molar-refractivity contribution in [3.63, 3.8) is 0 Å². The summed E-state index contributed by atoms with van der Waals surface area (Å²) < 4.78 is 37.7. The fourth-order valence-electron chi connectivity index (χ4n) is 4.83. The maximum Gasteiger partial charge on any atom is 0.387 e. The number of aromatic nitrogens is 6. The first-order valence-corrected chi connectivity index (χ1v) is 11.4. The number of oxazole rings is 1. The molecule has 2 atom stereocenters. The van der Waals surface area contributed by atoms with Gasteiger partial charge in [-0.1, -0.05) is 6.07 Å². The second-order valence-corrected chi connectivity index (χ2v) is 8.57. The number of benzene rings is 1. The Bertz CT molecular complexity index is 1570. The summed E-state index contributed by atoms with van der Waals surface area (Å²) in [6.07, 6.45) is 8.04. The van der Waals surface area contributed by atoms with Crippen LogP contribution >= 0.6 is 0 Å². The van der Waals surface area contributed by atoms with Gasteiger partial charge in [0, 0.05) is 42.4 Å². The van der Waals surface area contributed by atoms with Crippen molar-refractivity contribution >= 4 is 28.1 Å². The highest BCUT2D eigenvalue weighted by atomic mass is 19.3. The summed E-state index contributed by atoms with van der Waals surface area (Å²) in [4.78, 5) is 18.2. The first-order chi connectivity index (χ1) is 17.6. The molecule has 1 saturated heterocycles. The van der Waals surface area contributed by atoms with Crippen LogP contribution in [0.15, 0.2) is 53.6 Å². The quantitative estimate of drug-likeness (QED) is 0.353. The van der Waals surface area contributed by atoms with Gasteiger partial charge in [-0.3, -0.25) is 4.68 Å². The third-order valence-electron chi connectivity index (χ3n) is 6.49. The number of alkyl halides is 2. The van der Waals surface area contributed by atoms with Crippen molar-refractivity contribution in [2.75, 3.05) is 18.0 Å². The summed E-state index contributed by atoms with van der Waals surface area (Å²) in [5, 5.41) is 15.0. The Hall–Kier alpha value is -4.53. The average molecular weight is 490 g/mol. The molecule has 1 N–H and O–H groups in total. The number of para-hydroxylation sites is 1. The van der Waals surface area contributed by atoms with Crippen molar-refractivity contribution in [2.24, 2.45) is 5.92 Å². The Labute approximate surface area is 203 Å². The summed E-state index contributed by atoms with van der Waals surface area (Å²) in [6, 6.07) is 9.08. The molecule has 0 aliphatic carbocycles. The van der Waals surface area contributed by atoms with Crippen molar-refractivity contribution < 1.29 is 17.9 Å². The number of hydrogen-bond donors (Lipinski definition) is 1. The lowest BCUT2D eigenvalue weighted by Crippen LogP contribution is -2.25. The van der Waals surface area contributed by atoms with Gasteiger partial charge in [-0.2, -0.15) is 24.1 Å². The van der Waals surface area contributed by atoms with Gasteiger partial charge in [0.1, 0.15) is 17.5 Å². The van der Waals surface area contributed by atoms with Gasteiger partial charge in [-0.05, 0) is 24.6 Å². The molecule has 1 fully saturated rings. The highest BCUT2D eigenvalue weighted by Gasteiger charge is 2.33. The minimum Gasteiger partial charge on any atom is -0.431 e. The summed E-state index contributed by atoms with van der Waals surface area (Å²) >= 11 is 0. The molecular weight excluding hydrogens is 470 g/mol. The number of anilines is 1. The number of H-pyrrole nitrogens is 1. The minimum atomic E-state index is -2.96. The Balaban J connectivity index is 1.25. The van der Waals surface area contributed by atoms with E-state index < -0.39 is 6.61 Å². The van der Waals surface area contributed by atoms with Crippen molar-refractivity contribution in [3.8, 4) is 23.1 Å². The molecule has 10 nitrogen and oxygen atoms in total. The largest absolute Gasteiger partial charge is 0.431 e. The number of nitrogens with one attached hydrogen (secondary N) is 1. The van der Waals surface area contributed by atoms with Gasteiger partial charge >= 0.3 is 6.61 Å². The van der Waals surface area contributed by atoms with Gasteiger partial charge in [0.2, 0.25) is 0 Å². The number of hydrogen-bond acceptors (Lipinski definition) is 8. The topological polar surface area (TPSA) is 122 Å². The van der Waals surface area contributed by atoms with Crippen LogP contribution in [0.4, 0.5) is 14.8 Å². The number of nitrogens with zero attached hydrogens (tertiary/aromatic N) is 7. The first-order valence-electron chi connectivity index (χ1n) is 11.4. The van der Waals surface area contributed by atoms with Crippen LogP contribution in [0, 0.1) is 17.2 Å². The van der Waals surface area contributed by atoms with E-state index in [9.17, 15) is 14.0 Å². The highest BCUT2D eigenvalue weighted by molar-refractivity contribution is 5.90. The summed E-state index contributed by atoms with van der Waals surface area (Å²) in [6.45, 7) is -1.73. The second-order valence-electron chi connectivity index (χ2n) is 8.57. The molecule has 1 aromatic carbocycles. The van der Waals surface area contributed by atoms with Gasteiger partial charge in [0.25, 0.3) is 6.01 Å². The summed E-state index contributed by atoms with van der Waals surface area (Å²) in [5.41, 5.74) is 2.98. The molecule has 182 valence electrons. The molecule has 6 rings (SSSR count). The predicted molar refractivity (Wildman–Crippen MR) is 125 cm³/mol. The van der Waals surface area contributed by atoms with E-state index in [1.165, 1.54) is 12.4 Å². The molecule has 0 spiro atoms. The molecule has 0 radical (unpaired) electrons. The van der Waals surface area contributed by atoms with E-state index in [4.69, 9.17) is 4.42 Å². The number of fused-ring (bicyclic) bond motifs is 2. The molecule has 5 aromatic rings. The average Bonchev–Trinajstić information content (AvgIpc) is 3.67. The molecule has 0 amide bonds. The number of ether oxygens (including phenoxy) is 1. The number of aromatic amines is 1. The third-order valence-corrected chi connectivity index (χ3v) is 6.49. The smallest absolute Gasteiger partial charge is 0.387 e. The van der Waals surface area contributed by atoms with Crippen LogP contribution in [0.2, 0.25) is 0 Å². The molecule has 4 aromatic heterocycles. The summed E-state index contributed by atoms with van der Waals surface area (Å²) in [5.74, 6) is 0.0477. The van der Waals surface area contributed by atoms with E-state index in [2.05, 4.69) is 35.8 Å². The fraction of sp³-hybridized carbons (Fsp3) is 0.292. The van der Waals surface area contributed by atoms with Gasteiger partial charge in [-0.15, -0.1) is 0 Å². The second kappa shape index (κ2) is 8.92. The van der Waals surface area contributed by atoms with Gasteiger partial charge in [-0.25, -0.2) is 9.97 Å². The Morgan fingerprint density at radius 2 is 2.19 bits per heavy atom. The van der Waals surface area contributed by atoms with Gasteiger partial charge in [0.05, 0.1) is 30.4 Å². The Morgan fingerprint density at radius 3 is 3.06 bits per heavy atom. The van der Waals surface area contributed by atoms with E-state index in [0.29, 0.717) is 24.6 Å². The van der Waals surface area contributed by atoms with E-state index in [1.807, 2.05) is 28.0 Å². The number of rotatable bonds is 7. The van der Waals surface area contributed by atoms with Crippen molar-refractivity contribution in [3.05, 3.63) is 49.2 Å². The molecule has 0 saturated carbocycles. The molecular formula is C24H20F2N8O2. The zero-order chi connectivity index (χ0) is 24.6. The van der Waals surface area contributed by atoms with Crippen molar-refractivity contribution in [1.82, 2.24) is 29.7 Å². The number of halogens is 2. The van der Waals surface area contributed by atoms with Crippen LogP contribution in [0.1, 0.15) is 18.9 Å². The standard InChI is InChI=1S/C24H20F2N8O2/c25-23(26)35-19-3-1-2-17-21(19)36-24(32-17)33-9-6-14(11-33)18(4-7-27)34-12-15(10-31-34)20-16-5-8-28-22(16)30-13-29-20/h1-3,5,8,10,12-14,18,23H,4,6,9,11H2,(H,28,29,30). The van der Waals surface area contributed by atoms with Crippen molar-refractivity contribution in [2.45, 2.75) is 25.5 Å². The molecule has 2 unspecified atom stereocenters. The molecule has 0 bridgehead atoms. The van der Waals surface area contributed by atoms with E-state index >= 15 is 0 Å². The van der Waals surface area contributed by atoms with Crippen molar-refractivity contribution in [1.29, 1.82) is 5.26 Å². The predicted octanol–water partition coefficient (Wildman–Crippen LogP) is 4.55. The Kier molecular flexibility index (Phi) is 5.44. The zero-order valence-electron chi connectivity index (χ0n) is 18.9. The third kappa shape index (κ3) is 3.88. The van der Waals surface area contributed by atoms with Crippen LogP contribution in [0.3, 0.4) is 0 Å². The maximum atomic E-state index is 12.8. The Morgan fingerprint density at radius 1 is 1.28 bits per heavy atom. The van der Waals surface area contributed by atoms with Gasteiger partial charge in [0.15, 0.2) is 11.3 Å². The maximum absolute atomic E-state index is 12.8. The summed E-state index contributed by atoms with van der Waals surface area (Å²) in [7, 11) is 0. The van der Waals surface area contributed by atoms with Crippen LogP contribution in [-0.4, -0.2) is 49.4 Å². The number of nitriles is 1. The van der Waals surface area contributed by atoms with Gasteiger partial charge < -0.3 is 19.0 Å². The SMILES string of the molecule is N#CCC(C1CCN(c2nc3cccc(OC(F)F)c3o2)C1)n1cc(-c2ncnc3[nH]ccc23)cn1.